The molecule has 0 spiro atoms. The van der Waals surface area contributed by atoms with Gasteiger partial charge < -0.3 is 5.32 Å². The monoisotopic (exact) mass is 311 g/mol. The molecular weight excluding hydrogens is 295 g/mol. The normalized spacial score (nSPS) is 13.0. The molecule has 7 heteroatoms. The number of benzene rings is 1. The van der Waals surface area contributed by atoms with Gasteiger partial charge in [-0.2, -0.15) is 18.3 Å². The highest BCUT2D eigenvalue weighted by atomic mass is 19.4. The number of nitrogens with zero attached hydrogens (tertiary/aromatic N) is 2. The van der Waals surface area contributed by atoms with E-state index >= 15 is 0 Å². The molecule has 1 amide bonds. The predicted molar refractivity (Wildman–Crippen MR) is 75.3 cm³/mol. The van der Waals surface area contributed by atoms with Crippen LogP contribution in [-0.2, 0) is 13.2 Å². The van der Waals surface area contributed by atoms with Crippen molar-refractivity contribution < 1.29 is 18.0 Å². The third-order valence-corrected chi connectivity index (χ3v) is 3.48. The van der Waals surface area contributed by atoms with Crippen LogP contribution in [0.5, 0.6) is 0 Å². The van der Waals surface area contributed by atoms with E-state index < -0.39 is 29.4 Å². The number of nitrogens with one attached hydrogen (secondary N) is 1. The first kappa shape index (κ1) is 16.1. The number of hydrogen-bond donors (Lipinski definition) is 1. The van der Waals surface area contributed by atoms with Gasteiger partial charge in [0.15, 0.2) is 5.69 Å². The van der Waals surface area contributed by atoms with Crippen molar-refractivity contribution in [2.24, 2.45) is 7.05 Å². The Balaban J connectivity index is 2.31. The second-order valence-corrected chi connectivity index (χ2v) is 5.04. The van der Waals surface area contributed by atoms with E-state index in [4.69, 9.17) is 0 Å². The number of carbonyl (C=O) groups excluding carboxylic acids is 1. The highest BCUT2D eigenvalue weighted by Crippen LogP contribution is 2.32. The molecule has 118 valence electrons. The van der Waals surface area contributed by atoms with Crippen molar-refractivity contribution >= 4 is 5.91 Å². The summed E-state index contributed by atoms with van der Waals surface area (Å²) in [6.07, 6.45) is -4.67. The van der Waals surface area contributed by atoms with Gasteiger partial charge in [-0.1, -0.05) is 30.3 Å². The lowest BCUT2D eigenvalue weighted by Crippen LogP contribution is -2.29. The molecule has 0 saturated heterocycles. The van der Waals surface area contributed by atoms with E-state index in [1.807, 2.05) is 6.07 Å². The average Bonchev–Trinajstić information content (AvgIpc) is 2.76. The minimum Gasteiger partial charge on any atom is -0.345 e. The molecule has 0 radical (unpaired) electrons. The van der Waals surface area contributed by atoms with Crippen molar-refractivity contribution in [2.45, 2.75) is 26.1 Å². The standard InChI is InChI=1S/C15H16F3N3O/c1-9(11-7-5-4-6-8-11)19-14(22)12-10(2)21(3)20-13(12)15(16,17)18/h4-9H,1-3H3,(H,19,22). The van der Waals surface area contributed by atoms with Crippen molar-refractivity contribution in [3.05, 3.63) is 52.8 Å². The summed E-state index contributed by atoms with van der Waals surface area (Å²) >= 11 is 0. The second kappa shape index (κ2) is 5.82. The van der Waals surface area contributed by atoms with E-state index in [9.17, 15) is 18.0 Å². The van der Waals surface area contributed by atoms with Gasteiger partial charge in [0.05, 0.1) is 11.6 Å². The first-order valence-corrected chi connectivity index (χ1v) is 6.68. The van der Waals surface area contributed by atoms with E-state index in [0.717, 1.165) is 10.2 Å². The molecule has 2 aromatic rings. The van der Waals surface area contributed by atoms with Gasteiger partial charge in [-0.05, 0) is 19.4 Å². The summed E-state index contributed by atoms with van der Waals surface area (Å²) < 4.78 is 40.1. The maximum Gasteiger partial charge on any atom is 0.435 e. The topological polar surface area (TPSA) is 46.9 Å². The summed E-state index contributed by atoms with van der Waals surface area (Å²) in [5, 5.41) is 6.00. The molecule has 0 fully saturated rings. The van der Waals surface area contributed by atoms with Crippen molar-refractivity contribution in [2.75, 3.05) is 0 Å². The number of halogens is 3. The van der Waals surface area contributed by atoms with Crippen LogP contribution in [0, 0.1) is 6.92 Å². The van der Waals surface area contributed by atoms with E-state index in [1.165, 1.54) is 14.0 Å². The SMILES string of the molecule is Cc1c(C(=O)NC(C)c2ccccc2)c(C(F)(F)F)nn1C. The van der Waals surface area contributed by atoms with Gasteiger partial charge in [0.1, 0.15) is 0 Å². The van der Waals surface area contributed by atoms with Gasteiger partial charge in [-0.15, -0.1) is 0 Å². The number of alkyl halides is 3. The van der Waals surface area contributed by atoms with Crippen molar-refractivity contribution in [1.82, 2.24) is 15.1 Å². The van der Waals surface area contributed by atoms with Crippen LogP contribution in [0.15, 0.2) is 30.3 Å². The summed E-state index contributed by atoms with van der Waals surface area (Å²) in [6, 6.07) is 8.61. The summed E-state index contributed by atoms with van der Waals surface area (Å²) in [4.78, 5) is 12.3. The van der Waals surface area contributed by atoms with Gasteiger partial charge in [-0.25, -0.2) is 0 Å². The fourth-order valence-electron chi connectivity index (χ4n) is 2.17. The third kappa shape index (κ3) is 3.13. The zero-order valence-corrected chi connectivity index (χ0v) is 12.4. The Kier molecular flexibility index (Phi) is 4.25. The molecule has 1 aromatic heterocycles. The lowest BCUT2D eigenvalue weighted by molar-refractivity contribution is -0.141. The van der Waals surface area contributed by atoms with E-state index in [2.05, 4.69) is 10.4 Å². The number of rotatable bonds is 3. The van der Waals surface area contributed by atoms with Gasteiger partial charge in [0.2, 0.25) is 0 Å². The van der Waals surface area contributed by atoms with Crippen LogP contribution < -0.4 is 5.32 Å². The van der Waals surface area contributed by atoms with Crippen molar-refractivity contribution in [1.29, 1.82) is 0 Å². The molecule has 4 nitrogen and oxygen atoms in total. The van der Waals surface area contributed by atoms with E-state index in [0.29, 0.717) is 0 Å². The van der Waals surface area contributed by atoms with Crippen LogP contribution in [-0.4, -0.2) is 15.7 Å². The second-order valence-electron chi connectivity index (χ2n) is 5.04. The third-order valence-electron chi connectivity index (χ3n) is 3.48. The van der Waals surface area contributed by atoms with Crippen LogP contribution >= 0.6 is 0 Å². The van der Waals surface area contributed by atoms with Gasteiger partial charge in [0, 0.05) is 12.7 Å². The fraction of sp³-hybridized carbons (Fsp3) is 0.333. The Labute approximate surface area is 125 Å². The maximum absolute atomic E-state index is 13.0. The Morgan fingerprint density at radius 1 is 1.27 bits per heavy atom. The number of aryl methyl sites for hydroxylation is 1. The molecule has 1 unspecified atom stereocenters. The zero-order chi connectivity index (χ0) is 16.5. The molecule has 1 aromatic carbocycles. The number of aromatic nitrogens is 2. The number of hydrogen-bond acceptors (Lipinski definition) is 2. The molecule has 0 bridgehead atoms. The van der Waals surface area contributed by atoms with Crippen LogP contribution in [0.1, 0.15) is 40.3 Å². The summed E-state index contributed by atoms with van der Waals surface area (Å²) in [5.74, 6) is -0.783. The molecular formula is C15H16F3N3O. The lowest BCUT2D eigenvalue weighted by atomic mass is 10.1. The highest BCUT2D eigenvalue weighted by Gasteiger charge is 2.40. The van der Waals surface area contributed by atoms with Crippen molar-refractivity contribution in [3.63, 3.8) is 0 Å². The largest absolute Gasteiger partial charge is 0.435 e. The molecule has 1 heterocycles. The Bertz CT molecular complexity index is 677. The first-order valence-electron chi connectivity index (χ1n) is 6.68. The fourth-order valence-corrected chi connectivity index (χ4v) is 2.17. The minimum absolute atomic E-state index is 0.171. The quantitative estimate of drug-likeness (QED) is 0.946. The van der Waals surface area contributed by atoms with Gasteiger partial charge in [-0.3, -0.25) is 9.48 Å². The average molecular weight is 311 g/mol. The minimum atomic E-state index is -4.67. The Morgan fingerprint density at radius 2 is 1.86 bits per heavy atom. The number of carbonyl (C=O) groups is 1. The molecule has 0 aliphatic heterocycles. The highest BCUT2D eigenvalue weighted by molar-refractivity contribution is 5.96. The summed E-state index contributed by atoms with van der Waals surface area (Å²) in [6.45, 7) is 3.15. The summed E-state index contributed by atoms with van der Waals surface area (Å²) in [7, 11) is 1.38. The Morgan fingerprint density at radius 3 is 2.41 bits per heavy atom. The zero-order valence-electron chi connectivity index (χ0n) is 12.4. The van der Waals surface area contributed by atoms with E-state index in [-0.39, 0.29) is 5.69 Å². The molecule has 22 heavy (non-hydrogen) atoms. The molecule has 1 N–H and O–H groups in total. The summed E-state index contributed by atoms with van der Waals surface area (Å²) in [5.41, 5.74) is -0.612. The molecule has 0 aliphatic rings. The molecule has 2 rings (SSSR count). The van der Waals surface area contributed by atoms with Crippen LogP contribution in [0.3, 0.4) is 0 Å². The molecule has 0 aliphatic carbocycles. The smallest absolute Gasteiger partial charge is 0.345 e. The number of amides is 1. The predicted octanol–water partition coefficient (Wildman–Crippen LogP) is 3.24. The van der Waals surface area contributed by atoms with Crippen LogP contribution in [0.25, 0.3) is 0 Å². The van der Waals surface area contributed by atoms with Crippen LogP contribution in [0.2, 0.25) is 0 Å². The lowest BCUT2D eigenvalue weighted by Gasteiger charge is -2.15. The first-order chi connectivity index (χ1) is 10.2. The van der Waals surface area contributed by atoms with Gasteiger partial charge >= 0.3 is 6.18 Å². The van der Waals surface area contributed by atoms with E-state index in [1.54, 1.807) is 31.2 Å². The van der Waals surface area contributed by atoms with Crippen LogP contribution in [0.4, 0.5) is 13.2 Å². The maximum atomic E-state index is 13.0. The van der Waals surface area contributed by atoms with Crippen molar-refractivity contribution in [3.8, 4) is 0 Å². The molecule has 1 atom stereocenters. The molecule has 0 saturated carbocycles. The Hall–Kier alpha value is -2.31. The van der Waals surface area contributed by atoms with Gasteiger partial charge in [0.25, 0.3) is 5.91 Å².